The van der Waals surface area contributed by atoms with Crippen molar-refractivity contribution in [2.45, 2.75) is 18.9 Å². The van der Waals surface area contributed by atoms with Crippen LogP contribution in [-0.4, -0.2) is 19.2 Å². The summed E-state index contributed by atoms with van der Waals surface area (Å²) in [6.07, 6.45) is 2.47. The standard InChI is InChI=1S/C12H13BrN2O/c13-11-6-9(7-14)3-4-12(11)16-10-2-1-5-15-8-10/h3-4,6,10,15H,1-2,5,8H2. The van der Waals surface area contributed by atoms with E-state index in [1.54, 1.807) is 12.1 Å². The Hall–Kier alpha value is -1.05. The van der Waals surface area contributed by atoms with Gasteiger partial charge in [-0.05, 0) is 53.5 Å². The molecule has 0 bridgehead atoms. The van der Waals surface area contributed by atoms with E-state index in [-0.39, 0.29) is 6.10 Å². The monoisotopic (exact) mass is 280 g/mol. The summed E-state index contributed by atoms with van der Waals surface area (Å²) in [5.41, 5.74) is 0.640. The van der Waals surface area contributed by atoms with Gasteiger partial charge in [-0.25, -0.2) is 0 Å². The lowest BCUT2D eigenvalue weighted by molar-refractivity contribution is 0.166. The molecule has 1 atom stereocenters. The average Bonchev–Trinajstić information content (AvgIpc) is 2.33. The molecule has 0 aromatic heterocycles. The number of hydrogen-bond donors (Lipinski definition) is 1. The second-order valence-corrected chi connectivity index (χ2v) is 4.70. The Labute approximate surface area is 104 Å². The number of hydrogen-bond acceptors (Lipinski definition) is 3. The van der Waals surface area contributed by atoms with Crippen LogP contribution in [0.4, 0.5) is 0 Å². The van der Waals surface area contributed by atoms with Crippen molar-refractivity contribution in [3.63, 3.8) is 0 Å². The maximum Gasteiger partial charge on any atom is 0.134 e. The van der Waals surface area contributed by atoms with Crippen molar-refractivity contribution >= 4 is 15.9 Å². The van der Waals surface area contributed by atoms with Crippen molar-refractivity contribution in [3.8, 4) is 11.8 Å². The van der Waals surface area contributed by atoms with Gasteiger partial charge >= 0.3 is 0 Å². The fourth-order valence-electron chi connectivity index (χ4n) is 1.77. The fourth-order valence-corrected chi connectivity index (χ4v) is 2.24. The number of piperidine rings is 1. The molecule has 1 unspecified atom stereocenters. The van der Waals surface area contributed by atoms with Crippen LogP contribution in [0.5, 0.6) is 5.75 Å². The molecule has 0 radical (unpaired) electrons. The number of nitriles is 1. The molecule has 0 aliphatic carbocycles. The molecule has 0 saturated carbocycles. The van der Waals surface area contributed by atoms with Gasteiger partial charge in [0.2, 0.25) is 0 Å². The van der Waals surface area contributed by atoms with Crippen LogP contribution < -0.4 is 10.1 Å². The van der Waals surface area contributed by atoms with E-state index in [0.29, 0.717) is 5.56 Å². The van der Waals surface area contributed by atoms with Crippen molar-refractivity contribution in [1.82, 2.24) is 5.32 Å². The van der Waals surface area contributed by atoms with E-state index in [2.05, 4.69) is 27.3 Å². The maximum atomic E-state index is 8.75. The average molecular weight is 281 g/mol. The van der Waals surface area contributed by atoms with Crippen LogP contribution in [-0.2, 0) is 0 Å². The Morgan fingerprint density at radius 3 is 3.00 bits per heavy atom. The topological polar surface area (TPSA) is 45.0 Å². The summed E-state index contributed by atoms with van der Waals surface area (Å²) in [7, 11) is 0. The third-order valence-electron chi connectivity index (χ3n) is 2.61. The zero-order valence-corrected chi connectivity index (χ0v) is 10.5. The Balaban J connectivity index is 2.06. The highest BCUT2D eigenvalue weighted by atomic mass is 79.9. The molecule has 4 heteroatoms. The molecule has 84 valence electrons. The van der Waals surface area contributed by atoms with Crippen LogP contribution in [0.2, 0.25) is 0 Å². The molecular formula is C12H13BrN2O. The lowest BCUT2D eigenvalue weighted by Gasteiger charge is -2.24. The van der Waals surface area contributed by atoms with Crippen LogP contribution in [0.25, 0.3) is 0 Å². The van der Waals surface area contributed by atoms with Crippen molar-refractivity contribution < 1.29 is 4.74 Å². The molecule has 1 heterocycles. The lowest BCUT2D eigenvalue weighted by atomic mass is 10.1. The van der Waals surface area contributed by atoms with E-state index in [0.717, 1.165) is 36.2 Å². The molecule has 16 heavy (non-hydrogen) atoms. The Morgan fingerprint density at radius 2 is 2.38 bits per heavy atom. The van der Waals surface area contributed by atoms with Gasteiger partial charge in [-0.3, -0.25) is 0 Å². The van der Waals surface area contributed by atoms with Crippen LogP contribution in [0.3, 0.4) is 0 Å². The zero-order valence-electron chi connectivity index (χ0n) is 8.87. The maximum absolute atomic E-state index is 8.75. The second-order valence-electron chi connectivity index (χ2n) is 3.84. The Morgan fingerprint density at radius 1 is 1.50 bits per heavy atom. The largest absolute Gasteiger partial charge is 0.488 e. The third-order valence-corrected chi connectivity index (χ3v) is 3.23. The van der Waals surface area contributed by atoms with E-state index in [1.807, 2.05) is 6.07 Å². The van der Waals surface area contributed by atoms with Gasteiger partial charge in [0.15, 0.2) is 0 Å². The van der Waals surface area contributed by atoms with Gasteiger partial charge in [-0.2, -0.15) is 5.26 Å². The van der Waals surface area contributed by atoms with Crippen molar-refractivity contribution in [1.29, 1.82) is 5.26 Å². The number of benzene rings is 1. The number of ether oxygens (including phenoxy) is 1. The highest BCUT2D eigenvalue weighted by Gasteiger charge is 2.15. The minimum absolute atomic E-state index is 0.234. The van der Waals surface area contributed by atoms with Gasteiger partial charge < -0.3 is 10.1 Å². The van der Waals surface area contributed by atoms with E-state index in [1.165, 1.54) is 0 Å². The van der Waals surface area contributed by atoms with Crippen molar-refractivity contribution in [2.75, 3.05) is 13.1 Å². The first-order chi connectivity index (χ1) is 7.79. The van der Waals surface area contributed by atoms with Gasteiger partial charge in [-0.1, -0.05) is 0 Å². The number of rotatable bonds is 2. The summed E-state index contributed by atoms with van der Waals surface area (Å²) in [5, 5.41) is 12.1. The smallest absolute Gasteiger partial charge is 0.134 e. The summed E-state index contributed by atoms with van der Waals surface area (Å²) < 4.78 is 6.71. The lowest BCUT2D eigenvalue weighted by Crippen LogP contribution is -2.37. The first kappa shape index (κ1) is 11.4. The van der Waals surface area contributed by atoms with Crippen molar-refractivity contribution in [3.05, 3.63) is 28.2 Å². The molecule has 1 saturated heterocycles. The highest BCUT2D eigenvalue weighted by Crippen LogP contribution is 2.27. The van der Waals surface area contributed by atoms with Gasteiger partial charge in [0.25, 0.3) is 0 Å². The molecule has 0 spiro atoms. The molecule has 1 aliphatic rings. The highest BCUT2D eigenvalue weighted by molar-refractivity contribution is 9.10. The molecule has 1 aromatic carbocycles. The van der Waals surface area contributed by atoms with Gasteiger partial charge in [-0.15, -0.1) is 0 Å². The van der Waals surface area contributed by atoms with Gasteiger partial charge in [0.1, 0.15) is 11.9 Å². The van der Waals surface area contributed by atoms with Crippen LogP contribution >= 0.6 is 15.9 Å². The molecule has 1 aliphatic heterocycles. The third kappa shape index (κ3) is 2.75. The normalized spacial score (nSPS) is 20.1. The van der Waals surface area contributed by atoms with Crippen molar-refractivity contribution in [2.24, 2.45) is 0 Å². The first-order valence-electron chi connectivity index (χ1n) is 5.36. The summed E-state index contributed by atoms with van der Waals surface area (Å²) >= 11 is 3.42. The van der Waals surface area contributed by atoms with E-state index in [9.17, 15) is 0 Å². The van der Waals surface area contributed by atoms with Crippen LogP contribution in [0, 0.1) is 11.3 Å². The first-order valence-corrected chi connectivity index (χ1v) is 6.16. The van der Waals surface area contributed by atoms with Crippen LogP contribution in [0.15, 0.2) is 22.7 Å². The predicted octanol–water partition coefficient (Wildman–Crippen LogP) is 2.45. The Bertz CT molecular complexity index is 408. The number of halogens is 1. The van der Waals surface area contributed by atoms with E-state index < -0.39 is 0 Å². The quantitative estimate of drug-likeness (QED) is 0.905. The molecule has 1 fully saturated rings. The number of nitrogens with zero attached hydrogens (tertiary/aromatic N) is 1. The minimum Gasteiger partial charge on any atom is -0.488 e. The SMILES string of the molecule is N#Cc1ccc(OC2CCCNC2)c(Br)c1. The molecule has 0 amide bonds. The minimum atomic E-state index is 0.234. The molecule has 1 N–H and O–H groups in total. The predicted molar refractivity (Wildman–Crippen MR) is 65.4 cm³/mol. The van der Waals surface area contributed by atoms with Gasteiger partial charge in [0.05, 0.1) is 16.1 Å². The summed E-state index contributed by atoms with van der Waals surface area (Å²) in [5.74, 6) is 0.813. The summed E-state index contributed by atoms with van der Waals surface area (Å²) in [6, 6.07) is 7.50. The fraction of sp³-hybridized carbons (Fsp3) is 0.417. The molecule has 1 aromatic rings. The summed E-state index contributed by atoms with van der Waals surface area (Å²) in [6.45, 7) is 1.97. The molecular weight excluding hydrogens is 268 g/mol. The van der Waals surface area contributed by atoms with Gasteiger partial charge in [0, 0.05) is 6.54 Å². The Kier molecular flexibility index (Phi) is 3.81. The molecule has 3 nitrogen and oxygen atoms in total. The molecule has 2 rings (SSSR count). The second kappa shape index (κ2) is 5.33. The summed E-state index contributed by atoms with van der Waals surface area (Å²) in [4.78, 5) is 0. The van der Waals surface area contributed by atoms with Crippen LogP contribution in [0.1, 0.15) is 18.4 Å². The number of nitrogens with one attached hydrogen (secondary N) is 1. The van der Waals surface area contributed by atoms with E-state index >= 15 is 0 Å². The zero-order chi connectivity index (χ0) is 11.4. The van der Waals surface area contributed by atoms with E-state index in [4.69, 9.17) is 10.00 Å².